The van der Waals surface area contributed by atoms with Crippen molar-refractivity contribution in [2.45, 2.75) is 19.4 Å². The Morgan fingerprint density at radius 2 is 1.81 bits per heavy atom. The second-order valence-electron chi connectivity index (χ2n) is 6.09. The van der Waals surface area contributed by atoms with Crippen molar-refractivity contribution in [1.29, 1.82) is 0 Å². The lowest BCUT2D eigenvalue weighted by Gasteiger charge is -2.19. The van der Waals surface area contributed by atoms with E-state index in [4.69, 9.17) is 4.74 Å². The highest BCUT2D eigenvalue weighted by molar-refractivity contribution is 5.99. The quantitative estimate of drug-likeness (QED) is 0.839. The molecule has 0 saturated carbocycles. The largest absolute Gasteiger partial charge is 0.449 e. The number of rotatable bonds is 5. The molecule has 1 aliphatic heterocycles. The van der Waals surface area contributed by atoms with Crippen molar-refractivity contribution in [3.05, 3.63) is 71.3 Å². The number of carbonyl (C=O) groups is 3. The van der Waals surface area contributed by atoms with Crippen molar-refractivity contribution in [1.82, 2.24) is 10.2 Å². The van der Waals surface area contributed by atoms with E-state index >= 15 is 0 Å². The van der Waals surface area contributed by atoms with E-state index in [-0.39, 0.29) is 6.54 Å². The first-order chi connectivity index (χ1) is 12.6. The van der Waals surface area contributed by atoms with Crippen LogP contribution in [0.1, 0.15) is 28.4 Å². The summed E-state index contributed by atoms with van der Waals surface area (Å²) in [7, 11) is 0. The molecular weight excluding hydrogens is 332 g/mol. The van der Waals surface area contributed by atoms with E-state index in [1.807, 2.05) is 42.5 Å². The molecule has 2 aromatic carbocycles. The van der Waals surface area contributed by atoms with Gasteiger partial charge in [-0.25, -0.2) is 9.59 Å². The van der Waals surface area contributed by atoms with Gasteiger partial charge in [0.05, 0.1) is 5.56 Å². The van der Waals surface area contributed by atoms with Gasteiger partial charge in [-0.15, -0.1) is 0 Å². The fraction of sp³-hybridized carbons (Fsp3) is 0.250. The molecule has 1 aliphatic rings. The Hall–Kier alpha value is -3.15. The van der Waals surface area contributed by atoms with E-state index in [2.05, 4.69) is 5.32 Å². The molecule has 6 heteroatoms. The summed E-state index contributed by atoms with van der Waals surface area (Å²) in [6, 6.07) is 16.5. The molecule has 0 bridgehead atoms. The monoisotopic (exact) mass is 352 g/mol. The van der Waals surface area contributed by atoms with Crippen molar-refractivity contribution in [3.8, 4) is 0 Å². The van der Waals surface area contributed by atoms with Crippen LogP contribution in [0, 0.1) is 0 Å². The molecule has 0 radical (unpaired) electrons. The normalized spacial score (nSPS) is 14.7. The number of benzene rings is 2. The standard InChI is InChI=1S/C20H20N2O4/c1-14(18(23)22-12-11-21-20(22)25)26-19(24)17-10-6-5-9-16(17)13-15-7-3-2-4-8-15/h2-10,14H,11-13H2,1H3,(H,21,25)/t14-/m1/s1. The summed E-state index contributed by atoms with van der Waals surface area (Å²) in [4.78, 5) is 37.5. The molecule has 0 aromatic heterocycles. The number of nitrogens with zero attached hydrogens (tertiary/aromatic N) is 1. The first kappa shape index (κ1) is 17.7. The number of imide groups is 1. The minimum Gasteiger partial charge on any atom is -0.449 e. The summed E-state index contributed by atoms with van der Waals surface area (Å²) in [5.74, 6) is -1.09. The molecule has 1 N–H and O–H groups in total. The Kier molecular flexibility index (Phi) is 5.31. The van der Waals surface area contributed by atoms with E-state index in [1.165, 1.54) is 6.92 Å². The molecule has 3 amide bonds. The minimum absolute atomic E-state index is 0.282. The maximum Gasteiger partial charge on any atom is 0.339 e. The topological polar surface area (TPSA) is 75.7 Å². The summed E-state index contributed by atoms with van der Waals surface area (Å²) >= 11 is 0. The second-order valence-corrected chi connectivity index (χ2v) is 6.09. The fourth-order valence-corrected chi connectivity index (χ4v) is 2.87. The van der Waals surface area contributed by atoms with Gasteiger partial charge < -0.3 is 10.1 Å². The van der Waals surface area contributed by atoms with Crippen LogP contribution in [0.25, 0.3) is 0 Å². The van der Waals surface area contributed by atoms with Gasteiger partial charge in [-0.3, -0.25) is 9.69 Å². The summed E-state index contributed by atoms with van der Waals surface area (Å²) in [5.41, 5.74) is 2.31. The lowest BCUT2D eigenvalue weighted by Crippen LogP contribution is -2.41. The molecular formula is C20H20N2O4. The number of ether oxygens (including phenoxy) is 1. The van der Waals surface area contributed by atoms with Crippen molar-refractivity contribution in [2.24, 2.45) is 0 Å². The zero-order valence-electron chi connectivity index (χ0n) is 14.5. The van der Waals surface area contributed by atoms with Gasteiger partial charge in [0.1, 0.15) is 0 Å². The lowest BCUT2D eigenvalue weighted by atomic mass is 10.00. The first-order valence-electron chi connectivity index (χ1n) is 8.48. The Morgan fingerprint density at radius 3 is 2.50 bits per heavy atom. The van der Waals surface area contributed by atoms with Crippen molar-refractivity contribution < 1.29 is 19.1 Å². The number of urea groups is 1. The third kappa shape index (κ3) is 3.91. The van der Waals surface area contributed by atoms with Gasteiger partial charge in [0.2, 0.25) is 0 Å². The predicted molar refractivity (Wildman–Crippen MR) is 95.7 cm³/mol. The van der Waals surface area contributed by atoms with Gasteiger partial charge in [0.25, 0.3) is 5.91 Å². The average molecular weight is 352 g/mol. The zero-order valence-corrected chi connectivity index (χ0v) is 14.5. The first-order valence-corrected chi connectivity index (χ1v) is 8.48. The molecule has 134 valence electrons. The van der Waals surface area contributed by atoms with E-state index in [9.17, 15) is 14.4 Å². The Bertz CT molecular complexity index is 820. The van der Waals surface area contributed by atoms with Gasteiger partial charge in [-0.2, -0.15) is 0 Å². The molecule has 0 unspecified atom stereocenters. The summed E-state index contributed by atoms with van der Waals surface area (Å²) < 4.78 is 5.33. The molecule has 26 heavy (non-hydrogen) atoms. The van der Waals surface area contributed by atoms with Gasteiger partial charge in [-0.1, -0.05) is 48.5 Å². The third-order valence-corrected chi connectivity index (χ3v) is 4.23. The van der Waals surface area contributed by atoms with Crippen LogP contribution in [-0.4, -0.2) is 42.0 Å². The van der Waals surface area contributed by atoms with Crippen molar-refractivity contribution >= 4 is 17.9 Å². The van der Waals surface area contributed by atoms with Crippen molar-refractivity contribution in [3.63, 3.8) is 0 Å². The van der Waals surface area contributed by atoms with E-state index < -0.39 is 24.0 Å². The van der Waals surface area contributed by atoms with Crippen LogP contribution in [-0.2, 0) is 16.0 Å². The molecule has 3 rings (SSSR count). The van der Waals surface area contributed by atoms with Gasteiger partial charge in [0.15, 0.2) is 6.10 Å². The maximum absolute atomic E-state index is 12.6. The number of carbonyl (C=O) groups excluding carboxylic acids is 3. The van der Waals surface area contributed by atoms with Gasteiger partial charge in [0, 0.05) is 13.1 Å². The van der Waals surface area contributed by atoms with E-state index in [0.29, 0.717) is 18.5 Å². The highest BCUT2D eigenvalue weighted by Gasteiger charge is 2.32. The van der Waals surface area contributed by atoms with Crippen LogP contribution in [0.4, 0.5) is 4.79 Å². The molecule has 1 fully saturated rings. The maximum atomic E-state index is 12.6. The molecule has 1 heterocycles. The molecule has 0 aliphatic carbocycles. The summed E-state index contributed by atoms with van der Waals surface area (Å²) in [5, 5.41) is 2.55. The third-order valence-electron chi connectivity index (χ3n) is 4.23. The number of amides is 3. The van der Waals surface area contributed by atoms with Crippen LogP contribution in [0.3, 0.4) is 0 Å². The Balaban J connectivity index is 1.71. The smallest absolute Gasteiger partial charge is 0.339 e. The molecule has 1 atom stereocenters. The molecule has 0 spiro atoms. The van der Waals surface area contributed by atoms with Crippen LogP contribution < -0.4 is 5.32 Å². The van der Waals surface area contributed by atoms with Crippen LogP contribution in [0.15, 0.2) is 54.6 Å². The van der Waals surface area contributed by atoms with Crippen molar-refractivity contribution in [2.75, 3.05) is 13.1 Å². The van der Waals surface area contributed by atoms with E-state index in [0.717, 1.165) is 16.0 Å². The lowest BCUT2D eigenvalue weighted by molar-refractivity contribution is -0.136. The number of esters is 1. The van der Waals surface area contributed by atoms with Crippen LogP contribution >= 0.6 is 0 Å². The van der Waals surface area contributed by atoms with Crippen LogP contribution in [0.2, 0.25) is 0 Å². The highest BCUT2D eigenvalue weighted by atomic mass is 16.5. The summed E-state index contributed by atoms with van der Waals surface area (Å²) in [6.45, 7) is 2.17. The molecule has 1 saturated heterocycles. The number of hydrogen-bond donors (Lipinski definition) is 1. The van der Waals surface area contributed by atoms with Gasteiger partial charge >= 0.3 is 12.0 Å². The minimum atomic E-state index is -1.03. The van der Waals surface area contributed by atoms with Crippen LogP contribution in [0.5, 0.6) is 0 Å². The second kappa shape index (κ2) is 7.82. The van der Waals surface area contributed by atoms with E-state index in [1.54, 1.807) is 12.1 Å². The Morgan fingerprint density at radius 1 is 1.12 bits per heavy atom. The Labute approximate surface area is 151 Å². The average Bonchev–Trinajstić information content (AvgIpc) is 3.08. The number of hydrogen-bond acceptors (Lipinski definition) is 4. The number of nitrogens with one attached hydrogen (secondary N) is 1. The molecule has 6 nitrogen and oxygen atoms in total. The predicted octanol–water partition coefficient (Wildman–Crippen LogP) is 2.37. The SMILES string of the molecule is C[C@@H](OC(=O)c1ccccc1Cc1ccccc1)C(=O)N1CCNC1=O. The fourth-order valence-electron chi connectivity index (χ4n) is 2.87. The zero-order chi connectivity index (χ0) is 18.5. The van der Waals surface area contributed by atoms with Gasteiger partial charge in [-0.05, 0) is 30.5 Å². The summed E-state index contributed by atoms with van der Waals surface area (Å²) in [6.07, 6.45) is -0.445. The molecule has 2 aromatic rings. The highest BCUT2D eigenvalue weighted by Crippen LogP contribution is 2.17.